The summed E-state index contributed by atoms with van der Waals surface area (Å²) >= 11 is 4.57. The quantitative estimate of drug-likeness (QED) is 0.562. The van der Waals surface area contributed by atoms with Gasteiger partial charge in [-0.2, -0.15) is 4.99 Å². The van der Waals surface area contributed by atoms with Crippen molar-refractivity contribution in [2.24, 2.45) is 4.99 Å². The van der Waals surface area contributed by atoms with E-state index in [4.69, 9.17) is 0 Å². The molecule has 0 atom stereocenters. The van der Waals surface area contributed by atoms with Crippen molar-refractivity contribution in [2.75, 3.05) is 0 Å². The van der Waals surface area contributed by atoms with Gasteiger partial charge >= 0.3 is 0 Å². The Morgan fingerprint density at radius 1 is 1.07 bits per heavy atom. The summed E-state index contributed by atoms with van der Waals surface area (Å²) in [6.45, 7) is 0. The van der Waals surface area contributed by atoms with Gasteiger partial charge < -0.3 is 0 Å². The third-order valence-corrected chi connectivity index (χ3v) is 2.13. The van der Waals surface area contributed by atoms with Crippen LogP contribution in [0.5, 0.6) is 0 Å². The number of thiocarbonyl (C=S) groups is 1. The van der Waals surface area contributed by atoms with Crippen molar-refractivity contribution < 1.29 is 0 Å². The molecule has 2 rings (SSSR count). The molecule has 0 amide bonds. The van der Waals surface area contributed by atoms with Gasteiger partial charge in [0.2, 0.25) is 0 Å². The van der Waals surface area contributed by atoms with E-state index in [1.54, 1.807) is 12.4 Å². The van der Waals surface area contributed by atoms with Crippen LogP contribution in [0.4, 0.5) is 5.69 Å². The second-order valence-corrected chi connectivity index (χ2v) is 3.17. The molecule has 2 aromatic rings. The normalized spacial score (nSPS) is 9.33. The molecule has 0 unspecified atom stereocenters. The van der Waals surface area contributed by atoms with Gasteiger partial charge in [-0.05, 0) is 47.6 Å². The molecule has 2 nitrogen and oxygen atoms in total. The summed E-state index contributed by atoms with van der Waals surface area (Å²) in [6, 6.07) is 11.7. The van der Waals surface area contributed by atoms with Crippen molar-refractivity contribution in [2.45, 2.75) is 0 Å². The Morgan fingerprint density at radius 3 is 2.60 bits per heavy atom. The minimum atomic E-state index is 0.819. The maximum absolute atomic E-state index is 4.57. The van der Waals surface area contributed by atoms with Gasteiger partial charge in [-0.3, -0.25) is 4.98 Å². The number of benzene rings is 1. The predicted octanol–water partition coefficient (Wildman–Crippen LogP) is 3.48. The number of aliphatic imine (C=N–C) groups is 1. The summed E-state index contributed by atoms with van der Waals surface area (Å²) in [4.78, 5) is 7.92. The van der Waals surface area contributed by atoms with E-state index in [9.17, 15) is 0 Å². The first-order valence-electron chi connectivity index (χ1n) is 4.48. The molecule has 0 aliphatic rings. The third kappa shape index (κ3) is 2.34. The molecule has 0 aliphatic heterocycles. The molecule has 1 aromatic carbocycles. The molecule has 3 heteroatoms. The van der Waals surface area contributed by atoms with E-state index < -0.39 is 0 Å². The number of pyridine rings is 1. The molecule has 0 fully saturated rings. The summed E-state index contributed by atoms with van der Waals surface area (Å²) in [6.07, 6.45) is 3.54. The predicted molar refractivity (Wildman–Crippen MR) is 64.4 cm³/mol. The van der Waals surface area contributed by atoms with Crippen molar-refractivity contribution in [1.29, 1.82) is 0 Å². The third-order valence-electron chi connectivity index (χ3n) is 2.03. The molecule has 1 heterocycles. The highest BCUT2D eigenvalue weighted by Crippen LogP contribution is 2.22. The zero-order valence-corrected chi connectivity index (χ0v) is 8.74. The van der Waals surface area contributed by atoms with Crippen LogP contribution in [0.1, 0.15) is 0 Å². The maximum Gasteiger partial charge on any atom is 0.0745 e. The molecule has 0 saturated heterocycles. The van der Waals surface area contributed by atoms with Gasteiger partial charge in [0.15, 0.2) is 0 Å². The lowest BCUT2D eigenvalue weighted by molar-refractivity contribution is 1.33. The van der Waals surface area contributed by atoms with Crippen molar-refractivity contribution in [1.82, 2.24) is 4.98 Å². The molecule has 15 heavy (non-hydrogen) atoms. The zero-order chi connectivity index (χ0) is 10.5. The first-order valence-corrected chi connectivity index (χ1v) is 4.89. The van der Waals surface area contributed by atoms with Gasteiger partial charge in [-0.25, -0.2) is 0 Å². The highest BCUT2D eigenvalue weighted by molar-refractivity contribution is 7.78. The van der Waals surface area contributed by atoms with Crippen LogP contribution in [0.25, 0.3) is 11.1 Å². The first-order chi connectivity index (χ1) is 7.40. The number of aromatic nitrogens is 1. The molecule has 0 N–H and O–H groups in total. The van der Waals surface area contributed by atoms with Crippen LogP contribution >= 0.6 is 12.2 Å². The van der Waals surface area contributed by atoms with Gasteiger partial charge in [-0.1, -0.05) is 12.1 Å². The number of hydrogen-bond donors (Lipinski definition) is 0. The topological polar surface area (TPSA) is 25.2 Å². The van der Waals surface area contributed by atoms with Gasteiger partial charge in [0, 0.05) is 12.4 Å². The second-order valence-electron chi connectivity index (χ2n) is 2.99. The Kier molecular flexibility index (Phi) is 2.98. The number of rotatable bonds is 2. The monoisotopic (exact) mass is 212 g/mol. The Labute approximate surface area is 93.3 Å². The summed E-state index contributed by atoms with van der Waals surface area (Å²) in [5.41, 5.74) is 3.04. The Morgan fingerprint density at radius 2 is 1.87 bits per heavy atom. The van der Waals surface area contributed by atoms with E-state index in [1.807, 2.05) is 36.4 Å². The average Bonchev–Trinajstić information content (AvgIpc) is 2.31. The maximum atomic E-state index is 4.57. The van der Waals surface area contributed by atoms with Gasteiger partial charge in [0.25, 0.3) is 0 Å². The molecule has 0 bridgehead atoms. The number of isothiocyanates is 1. The molecule has 0 saturated carbocycles. The largest absolute Gasteiger partial charge is 0.265 e. The minimum Gasteiger partial charge on any atom is -0.265 e. The smallest absolute Gasteiger partial charge is 0.0745 e. The fourth-order valence-electron chi connectivity index (χ4n) is 1.35. The highest BCUT2D eigenvalue weighted by Gasteiger charge is 1.97. The van der Waals surface area contributed by atoms with E-state index in [0.29, 0.717) is 0 Å². The van der Waals surface area contributed by atoms with E-state index >= 15 is 0 Å². The fraction of sp³-hybridized carbons (Fsp3) is 0. The molecule has 0 spiro atoms. The fourth-order valence-corrected chi connectivity index (χ4v) is 1.46. The summed E-state index contributed by atoms with van der Waals surface area (Å²) in [5.74, 6) is 0. The molecule has 0 radical (unpaired) electrons. The lowest BCUT2D eigenvalue weighted by atomic mass is 10.1. The van der Waals surface area contributed by atoms with Gasteiger partial charge in [-0.15, -0.1) is 0 Å². The van der Waals surface area contributed by atoms with Crippen LogP contribution in [-0.2, 0) is 0 Å². The van der Waals surface area contributed by atoms with Crippen molar-refractivity contribution >= 4 is 23.1 Å². The van der Waals surface area contributed by atoms with Crippen LogP contribution in [0.3, 0.4) is 0 Å². The highest BCUT2D eigenvalue weighted by atomic mass is 32.1. The van der Waals surface area contributed by atoms with E-state index in [-0.39, 0.29) is 0 Å². The first kappa shape index (κ1) is 9.71. The van der Waals surface area contributed by atoms with Crippen LogP contribution in [-0.4, -0.2) is 10.1 Å². The molecular weight excluding hydrogens is 204 g/mol. The van der Waals surface area contributed by atoms with Crippen LogP contribution < -0.4 is 0 Å². The lowest BCUT2D eigenvalue weighted by Crippen LogP contribution is -1.77. The van der Waals surface area contributed by atoms with E-state index in [2.05, 4.69) is 27.4 Å². The Balaban J connectivity index is 2.46. The zero-order valence-electron chi connectivity index (χ0n) is 7.92. The van der Waals surface area contributed by atoms with Crippen molar-refractivity contribution in [3.05, 3.63) is 48.8 Å². The average molecular weight is 212 g/mol. The second kappa shape index (κ2) is 4.60. The Bertz CT molecular complexity index is 502. The van der Waals surface area contributed by atoms with Crippen LogP contribution in [0, 0.1) is 0 Å². The van der Waals surface area contributed by atoms with Crippen LogP contribution in [0.15, 0.2) is 53.8 Å². The molecular formula is C12H8N2S. The van der Waals surface area contributed by atoms with Gasteiger partial charge in [0.05, 0.1) is 10.8 Å². The summed E-state index contributed by atoms with van der Waals surface area (Å²) in [5, 5.41) is 2.36. The van der Waals surface area contributed by atoms with E-state index in [1.165, 1.54) is 0 Å². The van der Waals surface area contributed by atoms with E-state index in [0.717, 1.165) is 16.8 Å². The minimum absolute atomic E-state index is 0.819. The number of hydrogen-bond acceptors (Lipinski definition) is 3. The summed E-state index contributed by atoms with van der Waals surface area (Å²) in [7, 11) is 0. The molecule has 72 valence electrons. The van der Waals surface area contributed by atoms with Crippen molar-refractivity contribution in [3.63, 3.8) is 0 Å². The summed E-state index contributed by atoms with van der Waals surface area (Å²) < 4.78 is 0. The SMILES string of the molecule is S=C=Nc1cccc(-c2ccncc2)c1. The molecule has 0 aliphatic carbocycles. The lowest BCUT2D eigenvalue weighted by Gasteiger charge is -2.00. The van der Waals surface area contributed by atoms with Crippen LogP contribution in [0.2, 0.25) is 0 Å². The van der Waals surface area contributed by atoms with Gasteiger partial charge in [0.1, 0.15) is 0 Å². The Hall–Kier alpha value is -1.83. The standard InChI is InChI=1S/C12H8N2S/c15-9-14-12-3-1-2-11(8-12)10-4-6-13-7-5-10/h1-8H. The molecule has 1 aromatic heterocycles. The van der Waals surface area contributed by atoms with Crippen molar-refractivity contribution in [3.8, 4) is 11.1 Å². The number of nitrogens with zero attached hydrogens (tertiary/aromatic N) is 2.